The first kappa shape index (κ1) is 15.6. The fourth-order valence-corrected chi connectivity index (χ4v) is 2.10. The van der Waals surface area contributed by atoms with Crippen LogP contribution in [0.25, 0.3) is 0 Å². The predicted molar refractivity (Wildman–Crippen MR) is 70.4 cm³/mol. The van der Waals surface area contributed by atoms with Gasteiger partial charge in [-0.1, -0.05) is 12.1 Å². The van der Waals surface area contributed by atoms with Crippen LogP contribution in [0.4, 0.5) is 0 Å². The summed E-state index contributed by atoms with van der Waals surface area (Å²) in [7, 11) is 0. The maximum absolute atomic E-state index is 12.0. The number of rotatable bonds is 6. The van der Waals surface area contributed by atoms with Gasteiger partial charge >= 0.3 is 0 Å². The van der Waals surface area contributed by atoms with Gasteiger partial charge in [-0.2, -0.15) is 0 Å². The van der Waals surface area contributed by atoms with Crippen molar-refractivity contribution in [1.29, 1.82) is 0 Å². The number of carboxylic acids is 1. The number of aliphatic carboxylic acids is 1. The molecule has 0 spiro atoms. The number of aliphatic hydroxyl groups excluding tert-OH is 1. The van der Waals surface area contributed by atoms with Gasteiger partial charge in [-0.3, -0.25) is 19.3 Å². The molecule has 0 unspecified atom stereocenters. The zero-order chi connectivity index (χ0) is 16.3. The highest BCUT2D eigenvalue weighted by Crippen LogP contribution is 2.22. The molecule has 116 valence electrons. The van der Waals surface area contributed by atoms with Gasteiger partial charge in [-0.25, -0.2) is 0 Å². The van der Waals surface area contributed by atoms with E-state index in [0.29, 0.717) is 0 Å². The van der Waals surface area contributed by atoms with Gasteiger partial charge in [0.1, 0.15) is 0 Å². The van der Waals surface area contributed by atoms with E-state index < -0.39 is 36.3 Å². The second kappa shape index (κ2) is 6.35. The van der Waals surface area contributed by atoms with E-state index in [2.05, 4.69) is 0 Å². The average Bonchev–Trinajstić information content (AvgIpc) is 2.74. The molecule has 1 aliphatic heterocycles. The number of hydrogen-bond acceptors (Lipinski definition) is 6. The molecule has 0 saturated carbocycles. The molecule has 0 radical (unpaired) electrons. The minimum absolute atomic E-state index is 0.177. The number of imide groups is 1. The summed E-state index contributed by atoms with van der Waals surface area (Å²) in [5, 5.41) is 21.4. The van der Waals surface area contributed by atoms with Gasteiger partial charge in [0.05, 0.1) is 29.7 Å². The zero-order valence-corrected chi connectivity index (χ0v) is 11.4. The number of nitrogens with one attached hydrogen (secondary N) is 1. The summed E-state index contributed by atoms with van der Waals surface area (Å²) in [6, 6.07) is 4.79. The first-order valence-electron chi connectivity index (χ1n) is 6.52. The molecule has 2 rings (SSSR count). The van der Waals surface area contributed by atoms with E-state index in [1.807, 2.05) is 5.32 Å². The minimum atomic E-state index is -1.61. The normalized spacial score (nSPS) is 14.7. The molecule has 3 amide bonds. The number of amides is 3. The number of aliphatic hydroxyl groups is 1. The smallest absolute Gasteiger partial charge is 0.261 e. The van der Waals surface area contributed by atoms with Gasteiger partial charge in [-0.05, 0) is 12.1 Å². The number of fused-ring (bicyclic) bond motifs is 1. The van der Waals surface area contributed by atoms with Crippen LogP contribution < -0.4 is 10.4 Å². The summed E-state index contributed by atoms with van der Waals surface area (Å²) < 4.78 is 0. The lowest BCUT2D eigenvalue weighted by Crippen LogP contribution is -2.50. The molecule has 1 aromatic carbocycles. The highest BCUT2D eigenvalue weighted by molar-refractivity contribution is 6.21. The molecule has 2 N–H and O–H groups in total. The van der Waals surface area contributed by atoms with Crippen LogP contribution in [0, 0.1) is 0 Å². The first-order chi connectivity index (χ1) is 10.5. The summed E-state index contributed by atoms with van der Waals surface area (Å²) in [5.74, 6) is -3.31. The van der Waals surface area contributed by atoms with Crippen molar-refractivity contribution in [3.63, 3.8) is 0 Å². The van der Waals surface area contributed by atoms with Crippen LogP contribution in [-0.2, 0) is 9.59 Å². The van der Waals surface area contributed by atoms with Crippen molar-refractivity contribution in [2.24, 2.45) is 0 Å². The minimum Gasteiger partial charge on any atom is -0.548 e. The summed E-state index contributed by atoms with van der Waals surface area (Å²) in [5.41, 5.74) is 0.548. The number of benzene rings is 1. The Balaban J connectivity index is 1.96. The lowest BCUT2D eigenvalue weighted by molar-refractivity contribution is -0.309. The molecule has 1 atom stereocenters. The van der Waals surface area contributed by atoms with Crippen LogP contribution in [0.2, 0.25) is 0 Å². The number of carbonyl (C=O) groups excluding carboxylic acids is 4. The fraction of sp³-hybridized carbons (Fsp3) is 0.286. The second-order valence-corrected chi connectivity index (χ2v) is 4.68. The van der Waals surface area contributed by atoms with E-state index in [0.717, 1.165) is 4.90 Å². The summed E-state index contributed by atoms with van der Waals surface area (Å²) >= 11 is 0. The van der Waals surface area contributed by atoms with Crippen molar-refractivity contribution in [2.45, 2.75) is 12.5 Å². The third-order valence-corrected chi connectivity index (χ3v) is 3.24. The molecule has 1 heterocycles. The number of carboxylic acid groups (broad SMARTS) is 1. The quantitative estimate of drug-likeness (QED) is 0.580. The summed E-state index contributed by atoms with van der Waals surface area (Å²) in [6.45, 7) is -0.982. The Morgan fingerprint density at radius 1 is 1.18 bits per heavy atom. The van der Waals surface area contributed by atoms with Gasteiger partial charge in [0.15, 0.2) is 0 Å². The molecular formula is C14H13N2O6-. The topological polar surface area (TPSA) is 127 Å². The number of carbonyl (C=O) groups is 4. The molecule has 0 fully saturated rings. The van der Waals surface area contributed by atoms with E-state index >= 15 is 0 Å². The summed E-state index contributed by atoms with van der Waals surface area (Å²) in [4.78, 5) is 47.2. The van der Waals surface area contributed by atoms with E-state index in [1.54, 1.807) is 12.1 Å². The Morgan fingerprint density at radius 3 is 2.18 bits per heavy atom. The van der Waals surface area contributed by atoms with Gasteiger partial charge < -0.3 is 20.3 Å². The molecule has 0 saturated heterocycles. The molecule has 0 bridgehead atoms. The van der Waals surface area contributed by atoms with Crippen LogP contribution in [0.3, 0.4) is 0 Å². The van der Waals surface area contributed by atoms with Crippen molar-refractivity contribution in [3.8, 4) is 0 Å². The van der Waals surface area contributed by atoms with E-state index in [4.69, 9.17) is 5.11 Å². The van der Waals surface area contributed by atoms with Gasteiger partial charge in [0, 0.05) is 13.0 Å². The first-order valence-corrected chi connectivity index (χ1v) is 6.52. The molecule has 1 aromatic rings. The standard InChI is InChI=1S/C14H14N2O6/c17-7-10(14(21)22)15-11(18)5-6-16-12(19)8-3-1-2-4-9(8)13(16)20/h1-4,10,17H,5-7H2,(H,15,18)(H,21,22)/p-1/t10-/m1/s1. The molecule has 8 heteroatoms. The van der Waals surface area contributed by atoms with Crippen LogP contribution in [0.15, 0.2) is 24.3 Å². The van der Waals surface area contributed by atoms with E-state index in [-0.39, 0.29) is 24.1 Å². The van der Waals surface area contributed by atoms with Crippen LogP contribution >= 0.6 is 0 Å². The largest absolute Gasteiger partial charge is 0.548 e. The number of nitrogens with zero attached hydrogens (tertiary/aromatic N) is 1. The third kappa shape index (κ3) is 2.96. The molecule has 1 aliphatic rings. The van der Waals surface area contributed by atoms with Crippen molar-refractivity contribution >= 4 is 23.7 Å². The molecule has 8 nitrogen and oxygen atoms in total. The Kier molecular flexibility index (Phi) is 4.52. The lowest BCUT2D eigenvalue weighted by Gasteiger charge is -2.18. The highest BCUT2D eigenvalue weighted by atomic mass is 16.4. The Bertz CT molecular complexity index is 607. The Hall–Kier alpha value is -2.74. The maximum atomic E-state index is 12.0. The monoisotopic (exact) mass is 305 g/mol. The van der Waals surface area contributed by atoms with Crippen molar-refractivity contribution in [2.75, 3.05) is 13.2 Å². The molecule has 22 heavy (non-hydrogen) atoms. The molecular weight excluding hydrogens is 292 g/mol. The maximum Gasteiger partial charge on any atom is 0.261 e. The number of hydrogen-bond donors (Lipinski definition) is 2. The fourth-order valence-electron chi connectivity index (χ4n) is 2.10. The van der Waals surface area contributed by atoms with E-state index in [1.165, 1.54) is 12.1 Å². The van der Waals surface area contributed by atoms with Gasteiger partial charge in [0.2, 0.25) is 5.91 Å². The van der Waals surface area contributed by atoms with Crippen LogP contribution in [0.5, 0.6) is 0 Å². The Morgan fingerprint density at radius 2 is 1.73 bits per heavy atom. The van der Waals surface area contributed by atoms with Crippen molar-refractivity contribution < 1.29 is 29.4 Å². The van der Waals surface area contributed by atoms with E-state index in [9.17, 15) is 24.3 Å². The van der Waals surface area contributed by atoms with Crippen LogP contribution in [0.1, 0.15) is 27.1 Å². The molecule has 0 aromatic heterocycles. The zero-order valence-electron chi connectivity index (χ0n) is 11.4. The van der Waals surface area contributed by atoms with Gasteiger partial charge in [-0.15, -0.1) is 0 Å². The summed E-state index contributed by atoms with van der Waals surface area (Å²) in [6.07, 6.45) is -0.269. The average molecular weight is 305 g/mol. The third-order valence-electron chi connectivity index (χ3n) is 3.24. The predicted octanol–water partition coefficient (Wildman–Crippen LogP) is -2.10. The second-order valence-electron chi connectivity index (χ2n) is 4.68. The highest BCUT2D eigenvalue weighted by Gasteiger charge is 2.35. The SMILES string of the molecule is O=C(CCN1C(=O)c2ccccc2C1=O)N[C@H](CO)C(=O)[O-]. The molecule has 0 aliphatic carbocycles. The van der Waals surface area contributed by atoms with Crippen molar-refractivity contribution in [3.05, 3.63) is 35.4 Å². The van der Waals surface area contributed by atoms with Crippen LogP contribution in [-0.4, -0.2) is 52.9 Å². The van der Waals surface area contributed by atoms with Gasteiger partial charge in [0.25, 0.3) is 11.8 Å². The Labute approximate surface area is 125 Å². The lowest BCUT2D eigenvalue weighted by atomic mass is 10.1. The van der Waals surface area contributed by atoms with Crippen molar-refractivity contribution in [1.82, 2.24) is 10.2 Å².